The Kier molecular flexibility index (Phi) is 3.12. The lowest BCUT2D eigenvalue weighted by molar-refractivity contribution is -0.393. The average molecular weight is 287 g/mol. The first kappa shape index (κ1) is 11.7. The predicted molar refractivity (Wildman–Crippen MR) is 45.3 cm³/mol. The van der Waals surface area contributed by atoms with Crippen molar-refractivity contribution in [3.8, 4) is 5.75 Å². The van der Waals surface area contributed by atoms with Crippen molar-refractivity contribution in [3.63, 3.8) is 0 Å². The van der Waals surface area contributed by atoms with Crippen LogP contribution in [0.1, 0.15) is 0 Å². The fraction of sp³-hybridized carbons (Fsp3) is 0.167. The van der Waals surface area contributed by atoms with Crippen LogP contribution in [0.2, 0.25) is 0 Å². The zero-order chi connectivity index (χ0) is 11.6. The molecule has 0 unspecified atom stereocenters. The Morgan fingerprint density at radius 1 is 1.53 bits per heavy atom. The summed E-state index contributed by atoms with van der Waals surface area (Å²) in [5.41, 5.74) is 0. The van der Waals surface area contributed by atoms with Gasteiger partial charge >= 0.3 is 12.2 Å². The monoisotopic (exact) mass is 286 g/mol. The van der Waals surface area contributed by atoms with E-state index in [1.54, 1.807) is 0 Å². The molecule has 0 aliphatic rings. The van der Waals surface area contributed by atoms with Crippen molar-refractivity contribution in [2.24, 2.45) is 0 Å². The van der Waals surface area contributed by atoms with Gasteiger partial charge in [-0.05, 0) is 25.8 Å². The van der Waals surface area contributed by atoms with E-state index in [1.807, 2.05) is 0 Å². The van der Waals surface area contributed by atoms with Gasteiger partial charge in [-0.3, -0.25) is 0 Å². The van der Waals surface area contributed by atoms with Crippen LogP contribution in [-0.2, 0) is 0 Å². The third-order valence-corrected chi connectivity index (χ3v) is 1.63. The number of alkyl halides is 3. The molecule has 1 aromatic heterocycles. The van der Waals surface area contributed by atoms with Gasteiger partial charge in [0.05, 0.1) is 4.47 Å². The molecule has 0 fully saturated rings. The molecule has 0 bridgehead atoms. The zero-order valence-electron chi connectivity index (χ0n) is 6.79. The first-order valence-electron chi connectivity index (χ1n) is 3.35. The number of rotatable bonds is 2. The molecule has 0 radical (unpaired) electrons. The van der Waals surface area contributed by atoms with Crippen molar-refractivity contribution < 1.29 is 22.8 Å². The summed E-state index contributed by atoms with van der Waals surface area (Å²) < 4.78 is 39.1. The molecule has 0 aliphatic carbocycles. The number of nitrogens with zero attached hydrogens (tertiary/aromatic N) is 2. The third kappa shape index (κ3) is 3.35. The predicted octanol–water partition coefficient (Wildman–Crippen LogP) is 2.65. The summed E-state index contributed by atoms with van der Waals surface area (Å²) >= 11 is 2.82. The first-order valence-corrected chi connectivity index (χ1v) is 4.14. The smallest absolute Gasteiger partial charge is 0.397 e. The molecular weight excluding hydrogens is 285 g/mol. The van der Waals surface area contributed by atoms with Crippen molar-refractivity contribution in [1.82, 2.24) is 4.98 Å². The molecule has 1 aromatic rings. The number of nitro groups is 1. The lowest BCUT2D eigenvalue weighted by Gasteiger charge is -2.08. The molecule has 0 atom stereocenters. The van der Waals surface area contributed by atoms with Crippen molar-refractivity contribution in [1.29, 1.82) is 0 Å². The molecule has 9 heteroatoms. The highest BCUT2D eigenvalue weighted by Crippen LogP contribution is 2.31. The SMILES string of the molecule is O=[N+]([O-])c1ncc(Br)cc1OC(F)(F)F. The highest BCUT2D eigenvalue weighted by atomic mass is 79.9. The van der Waals surface area contributed by atoms with E-state index in [9.17, 15) is 23.3 Å². The van der Waals surface area contributed by atoms with Crippen LogP contribution in [0.5, 0.6) is 5.75 Å². The molecule has 82 valence electrons. The van der Waals surface area contributed by atoms with Gasteiger partial charge in [-0.25, -0.2) is 0 Å². The van der Waals surface area contributed by atoms with Gasteiger partial charge in [-0.1, -0.05) is 0 Å². The molecule has 15 heavy (non-hydrogen) atoms. The second kappa shape index (κ2) is 4.01. The Balaban J connectivity index is 3.13. The van der Waals surface area contributed by atoms with Crippen molar-refractivity contribution in [2.75, 3.05) is 0 Å². The quantitative estimate of drug-likeness (QED) is 0.619. The lowest BCUT2D eigenvalue weighted by Crippen LogP contribution is -2.18. The standard InChI is InChI=1S/C6H2BrF3N2O3/c7-3-1-4(15-6(8,9)10)5(11-2-3)12(13)14/h1-2H. The number of halogens is 4. The summed E-state index contributed by atoms with van der Waals surface area (Å²) in [5.74, 6) is -1.95. The number of pyridine rings is 1. The van der Waals surface area contributed by atoms with Crippen LogP contribution in [0.15, 0.2) is 16.7 Å². The first-order chi connectivity index (χ1) is 6.79. The van der Waals surface area contributed by atoms with E-state index >= 15 is 0 Å². The molecule has 0 saturated carbocycles. The van der Waals surface area contributed by atoms with Gasteiger partial charge in [-0.15, -0.1) is 13.2 Å². The Labute approximate surface area is 89.1 Å². The second-order valence-electron chi connectivity index (χ2n) is 2.28. The van der Waals surface area contributed by atoms with E-state index in [-0.39, 0.29) is 4.47 Å². The van der Waals surface area contributed by atoms with E-state index in [0.29, 0.717) is 0 Å². The van der Waals surface area contributed by atoms with Crippen LogP contribution in [0, 0.1) is 10.1 Å². The molecular formula is C6H2BrF3N2O3. The largest absolute Gasteiger partial charge is 0.573 e. The number of aromatic nitrogens is 1. The molecule has 0 N–H and O–H groups in total. The summed E-state index contributed by atoms with van der Waals surface area (Å²) in [6, 6.07) is 0.818. The van der Waals surface area contributed by atoms with Crippen molar-refractivity contribution >= 4 is 21.7 Å². The highest BCUT2D eigenvalue weighted by molar-refractivity contribution is 9.10. The van der Waals surface area contributed by atoms with Gasteiger partial charge in [-0.2, -0.15) is 0 Å². The van der Waals surface area contributed by atoms with Gasteiger partial charge in [0.2, 0.25) is 5.75 Å². The Bertz CT molecular complexity index is 396. The van der Waals surface area contributed by atoms with Crippen LogP contribution in [0.25, 0.3) is 0 Å². The minimum Gasteiger partial charge on any atom is -0.397 e. The third-order valence-electron chi connectivity index (χ3n) is 1.20. The fourth-order valence-electron chi connectivity index (χ4n) is 0.750. The van der Waals surface area contributed by atoms with E-state index < -0.39 is 22.9 Å². The Hall–Kier alpha value is -1.38. The summed E-state index contributed by atoms with van der Waals surface area (Å²) in [6.45, 7) is 0. The molecule has 0 aliphatic heterocycles. The molecule has 1 rings (SSSR count). The van der Waals surface area contributed by atoms with Gasteiger partial charge in [0.1, 0.15) is 0 Å². The zero-order valence-corrected chi connectivity index (χ0v) is 8.37. The Morgan fingerprint density at radius 3 is 2.60 bits per heavy atom. The maximum Gasteiger partial charge on any atom is 0.573 e. The summed E-state index contributed by atoms with van der Waals surface area (Å²) in [7, 11) is 0. The summed E-state index contributed by atoms with van der Waals surface area (Å²) in [6.07, 6.45) is -3.99. The number of hydrogen-bond acceptors (Lipinski definition) is 4. The molecule has 5 nitrogen and oxygen atoms in total. The van der Waals surface area contributed by atoms with E-state index in [0.717, 1.165) is 12.3 Å². The lowest BCUT2D eigenvalue weighted by atomic mass is 10.4. The highest BCUT2D eigenvalue weighted by Gasteiger charge is 2.35. The Morgan fingerprint density at radius 2 is 2.13 bits per heavy atom. The average Bonchev–Trinajstić information content (AvgIpc) is 1.99. The normalized spacial score (nSPS) is 11.2. The van der Waals surface area contributed by atoms with Crippen LogP contribution in [-0.4, -0.2) is 16.3 Å². The van der Waals surface area contributed by atoms with Gasteiger partial charge in [0.25, 0.3) is 0 Å². The minimum atomic E-state index is -4.99. The van der Waals surface area contributed by atoms with Crippen LogP contribution in [0.4, 0.5) is 19.0 Å². The van der Waals surface area contributed by atoms with E-state index in [1.165, 1.54) is 0 Å². The summed E-state index contributed by atoms with van der Waals surface area (Å²) in [5, 5.41) is 10.3. The molecule has 1 heterocycles. The van der Waals surface area contributed by atoms with Gasteiger partial charge < -0.3 is 14.9 Å². The summed E-state index contributed by atoms with van der Waals surface area (Å²) in [4.78, 5) is 12.4. The van der Waals surface area contributed by atoms with Crippen molar-refractivity contribution in [2.45, 2.75) is 6.36 Å². The molecule has 0 spiro atoms. The van der Waals surface area contributed by atoms with E-state index in [4.69, 9.17) is 0 Å². The number of ether oxygens (including phenoxy) is 1. The molecule has 0 saturated heterocycles. The maximum atomic E-state index is 11.8. The maximum absolute atomic E-state index is 11.8. The molecule has 0 amide bonds. The topological polar surface area (TPSA) is 65.3 Å². The van der Waals surface area contributed by atoms with Crippen LogP contribution in [0.3, 0.4) is 0 Å². The minimum absolute atomic E-state index is 0.146. The van der Waals surface area contributed by atoms with E-state index in [2.05, 4.69) is 25.7 Å². The van der Waals surface area contributed by atoms with Gasteiger partial charge in [0.15, 0.2) is 6.20 Å². The van der Waals surface area contributed by atoms with Crippen LogP contribution < -0.4 is 4.74 Å². The second-order valence-corrected chi connectivity index (χ2v) is 3.20. The van der Waals surface area contributed by atoms with Gasteiger partial charge in [0, 0.05) is 6.07 Å². The molecule has 0 aromatic carbocycles. The fourth-order valence-corrected chi connectivity index (χ4v) is 1.06. The van der Waals surface area contributed by atoms with Crippen LogP contribution >= 0.6 is 15.9 Å². The van der Waals surface area contributed by atoms with Crippen molar-refractivity contribution in [3.05, 3.63) is 26.9 Å². The number of hydrogen-bond donors (Lipinski definition) is 0.